The van der Waals surface area contributed by atoms with Crippen LogP contribution in [0, 0.1) is 6.08 Å². The summed E-state index contributed by atoms with van der Waals surface area (Å²) in [6, 6.07) is 7.46. The van der Waals surface area contributed by atoms with Gasteiger partial charge in [0.1, 0.15) is 0 Å². The molecule has 0 unspecified atom stereocenters. The summed E-state index contributed by atoms with van der Waals surface area (Å²) in [5.74, 6) is 0. The van der Waals surface area contributed by atoms with Crippen molar-refractivity contribution >= 4 is 21.6 Å². The van der Waals surface area contributed by atoms with Gasteiger partial charge in [-0.2, -0.15) is 12.2 Å². The van der Waals surface area contributed by atoms with Crippen molar-refractivity contribution in [2.75, 3.05) is 6.54 Å². The summed E-state index contributed by atoms with van der Waals surface area (Å²) in [6.45, 7) is 3.40. The molecule has 1 heterocycles. The number of rotatable bonds is 3. The number of nitrogens with zero attached hydrogens (tertiary/aromatic N) is 1. The molecule has 97 valence electrons. The van der Waals surface area contributed by atoms with E-state index in [1.165, 1.54) is 4.90 Å². The average molecular weight is 400 g/mol. The number of benzene rings is 1. The standard InChI is InChI=1S/C14H11BrF2N.Y/c1-10-5-4-8-13(18(10)9-14(16)17)11-6-2-3-7-12(11)15;/h2-7,14H,1,9H2;/q-1;. The van der Waals surface area contributed by atoms with Crippen molar-refractivity contribution < 1.29 is 41.5 Å². The van der Waals surface area contributed by atoms with Crippen LogP contribution in [0.4, 0.5) is 8.78 Å². The SMILES string of the molecule is C=C1C=C[C-]=C(c2ccccc2Br)N1CC(F)F.[Y]. The minimum absolute atomic E-state index is 0. The molecular weight excluding hydrogens is 389 g/mol. The van der Waals surface area contributed by atoms with Crippen LogP contribution in [-0.4, -0.2) is 17.9 Å². The average Bonchev–Trinajstić information content (AvgIpc) is 2.32. The van der Waals surface area contributed by atoms with Gasteiger partial charge in [0.25, 0.3) is 6.43 Å². The van der Waals surface area contributed by atoms with Gasteiger partial charge in [-0.1, -0.05) is 52.0 Å². The molecule has 2 rings (SSSR count). The van der Waals surface area contributed by atoms with E-state index in [0.29, 0.717) is 11.4 Å². The van der Waals surface area contributed by atoms with Gasteiger partial charge in [0.05, 0.1) is 6.54 Å². The minimum Gasteiger partial charge on any atom is -0.370 e. The molecule has 0 bridgehead atoms. The van der Waals surface area contributed by atoms with Gasteiger partial charge < -0.3 is 4.90 Å². The number of allylic oxidation sites excluding steroid dienone is 3. The molecule has 0 aromatic heterocycles. The Hall–Kier alpha value is -0.316. The number of alkyl halides is 2. The van der Waals surface area contributed by atoms with Crippen LogP contribution in [-0.2, 0) is 32.7 Å². The Morgan fingerprint density at radius 2 is 2.00 bits per heavy atom. The maximum absolute atomic E-state index is 12.6. The Bertz CT molecular complexity index is 526. The molecule has 0 atom stereocenters. The first kappa shape index (κ1) is 16.7. The largest absolute Gasteiger partial charge is 0.370 e. The molecule has 19 heavy (non-hydrogen) atoms. The first-order valence-corrected chi connectivity index (χ1v) is 6.18. The fourth-order valence-electron chi connectivity index (χ4n) is 1.75. The molecule has 0 amide bonds. The number of hydrogen-bond acceptors (Lipinski definition) is 1. The minimum atomic E-state index is -2.42. The van der Waals surface area contributed by atoms with Gasteiger partial charge in [0, 0.05) is 32.7 Å². The Kier molecular flexibility index (Phi) is 6.57. The second-order valence-corrected chi connectivity index (χ2v) is 4.65. The smallest absolute Gasteiger partial charge is 0.256 e. The summed E-state index contributed by atoms with van der Waals surface area (Å²) in [5.41, 5.74) is 1.97. The third-order valence-electron chi connectivity index (χ3n) is 2.56. The number of halogens is 3. The molecule has 1 radical (unpaired) electrons. The van der Waals surface area contributed by atoms with Gasteiger partial charge in [-0.3, -0.25) is 0 Å². The summed E-state index contributed by atoms with van der Waals surface area (Å²) in [5, 5.41) is 0. The van der Waals surface area contributed by atoms with Gasteiger partial charge in [0.2, 0.25) is 0 Å². The third kappa shape index (κ3) is 4.07. The Balaban J connectivity index is 0.00000180. The van der Waals surface area contributed by atoms with Gasteiger partial charge in [0.15, 0.2) is 0 Å². The van der Waals surface area contributed by atoms with E-state index in [4.69, 9.17) is 0 Å². The van der Waals surface area contributed by atoms with Crippen molar-refractivity contribution in [3.05, 3.63) is 64.8 Å². The van der Waals surface area contributed by atoms with Crippen LogP contribution in [0.25, 0.3) is 5.70 Å². The monoisotopic (exact) mass is 399 g/mol. The molecule has 0 saturated carbocycles. The van der Waals surface area contributed by atoms with E-state index in [1.54, 1.807) is 12.2 Å². The van der Waals surface area contributed by atoms with Crippen LogP contribution in [0.1, 0.15) is 5.56 Å². The fraction of sp³-hybridized carbons (Fsp3) is 0.143. The normalized spacial score (nSPS) is 14.4. The quantitative estimate of drug-likeness (QED) is 0.687. The second-order valence-electron chi connectivity index (χ2n) is 3.80. The predicted octanol–water partition coefficient (Wildman–Crippen LogP) is 4.24. The molecular formula is C14H11BrF2NY-. The zero-order valence-corrected chi connectivity index (χ0v) is 14.5. The zero-order valence-electron chi connectivity index (χ0n) is 10.1. The van der Waals surface area contributed by atoms with Crippen LogP contribution >= 0.6 is 15.9 Å². The first-order valence-electron chi connectivity index (χ1n) is 5.39. The van der Waals surface area contributed by atoms with Crippen LogP contribution in [0.5, 0.6) is 0 Å². The molecule has 1 nitrogen and oxygen atoms in total. The molecule has 0 spiro atoms. The van der Waals surface area contributed by atoms with E-state index in [1.807, 2.05) is 24.3 Å². The molecule has 1 aliphatic rings. The first-order chi connectivity index (χ1) is 8.59. The summed E-state index contributed by atoms with van der Waals surface area (Å²) in [4.78, 5) is 1.48. The van der Waals surface area contributed by atoms with Crippen molar-refractivity contribution in [1.29, 1.82) is 0 Å². The van der Waals surface area contributed by atoms with E-state index < -0.39 is 6.43 Å². The molecule has 0 aliphatic carbocycles. The van der Waals surface area contributed by atoms with Gasteiger partial charge >= 0.3 is 0 Å². The summed E-state index contributed by atoms with van der Waals surface area (Å²) >= 11 is 3.42. The maximum Gasteiger partial charge on any atom is 0.256 e. The van der Waals surface area contributed by atoms with E-state index in [-0.39, 0.29) is 39.3 Å². The Morgan fingerprint density at radius 1 is 1.32 bits per heavy atom. The Labute approximate surface area is 145 Å². The summed E-state index contributed by atoms with van der Waals surface area (Å²) in [6.07, 6.45) is 3.94. The van der Waals surface area contributed by atoms with Crippen molar-refractivity contribution in [1.82, 2.24) is 4.90 Å². The van der Waals surface area contributed by atoms with E-state index in [9.17, 15) is 8.78 Å². The van der Waals surface area contributed by atoms with E-state index in [0.717, 1.165) is 10.0 Å². The van der Waals surface area contributed by atoms with Crippen molar-refractivity contribution in [2.24, 2.45) is 0 Å². The molecule has 0 saturated heterocycles. The second kappa shape index (κ2) is 7.46. The maximum atomic E-state index is 12.6. The van der Waals surface area contributed by atoms with Crippen LogP contribution in [0.3, 0.4) is 0 Å². The third-order valence-corrected chi connectivity index (χ3v) is 3.25. The molecule has 1 aliphatic heterocycles. The van der Waals surface area contributed by atoms with Crippen LogP contribution in [0.15, 0.2) is 53.2 Å². The van der Waals surface area contributed by atoms with Crippen molar-refractivity contribution in [2.45, 2.75) is 6.43 Å². The van der Waals surface area contributed by atoms with Gasteiger partial charge in [-0.15, -0.1) is 12.1 Å². The van der Waals surface area contributed by atoms with E-state index in [2.05, 4.69) is 28.6 Å². The van der Waals surface area contributed by atoms with Crippen LogP contribution in [0.2, 0.25) is 0 Å². The fourth-order valence-corrected chi connectivity index (χ4v) is 2.22. The predicted molar refractivity (Wildman–Crippen MR) is 71.8 cm³/mol. The Morgan fingerprint density at radius 3 is 2.63 bits per heavy atom. The van der Waals surface area contributed by atoms with Crippen molar-refractivity contribution in [3.63, 3.8) is 0 Å². The van der Waals surface area contributed by atoms with Crippen molar-refractivity contribution in [3.8, 4) is 0 Å². The molecule has 1 aromatic rings. The number of hydrogen-bond donors (Lipinski definition) is 0. The summed E-state index contributed by atoms with van der Waals surface area (Å²) in [7, 11) is 0. The van der Waals surface area contributed by atoms with Gasteiger partial charge in [-0.25, -0.2) is 8.78 Å². The molecule has 0 N–H and O–H groups in total. The zero-order chi connectivity index (χ0) is 13.1. The molecule has 5 heteroatoms. The summed E-state index contributed by atoms with van der Waals surface area (Å²) < 4.78 is 26.1. The van der Waals surface area contributed by atoms with Crippen LogP contribution < -0.4 is 0 Å². The molecule has 1 aromatic carbocycles. The van der Waals surface area contributed by atoms with Gasteiger partial charge in [-0.05, 0) is 10.2 Å². The molecule has 0 fully saturated rings. The van der Waals surface area contributed by atoms with E-state index >= 15 is 0 Å². The topological polar surface area (TPSA) is 3.24 Å².